The quantitative estimate of drug-likeness (QED) is 0.496. The number of anilines is 2. The molecule has 4 aromatic rings. The Morgan fingerprint density at radius 3 is 2.75 bits per heavy atom. The molecule has 9 nitrogen and oxygen atoms in total. The van der Waals surface area contributed by atoms with Gasteiger partial charge in [-0.1, -0.05) is 0 Å². The second kappa shape index (κ2) is 6.10. The zero-order valence-corrected chi connectivity index (χ0v) is 15.6. The van der Waals surface area contributed by atoms with E-state index >= 15 is 0 Å². The molecule has 9 heteroatoms. The average Bonchev–Trinajstić information content (AvgIpc) is 3.09. The molecule has 0 unspecified atom stereocenters. The number of hydrogen-bond acceptors (Lipinski definition) is 8. The first-order valence-corrected chi connectivity index (χ1v) is 9.17. The Bertz CT molecular complexity index is 1180. The van der Waals surface area contributed by atoms with Gasteiger partial charge >= 0.3 is 0 Å². The number of aromatic nitrogens is 6. The topological polar surface area (TPSA) is 113 Å². The number of aliphatic hydroxyl groups is 1. The van der Waals surface area contributed by atoms with E-state index in [1.165, 1.54) is 0 Å². The molecule has 0 spiro atoms. The van der Waals surface area contributed by atoms with Gasteiger partial charge in [0.1, 0.15) is 11.0 Å². The summed E-state index contributed by atoms with van der Waals surface area (Å²) in [7, 11) is 1.83. The minimum absolute atomic E-state index is 0.174. The number of pyridine rings is 1. The van der Waals surface area contributed by atoms with Gasteiger partial charge in [-0.3, -0.25) is 4.98 Å². The van der Waals surface area contributed by atoms with Crippen LogP contribution in [0.2, 0.25) is 0 Å². The molecular formula is C19H20N8O. The van der Waals surface area contributed by atoms with E-state index < -0.39 is 5.60 Å². The molecule has 1 aliphatic carbocycles. The molecule has 0 saturated heterocycles. The maximum atomic E-state index is 9.92. The molecule has 0 aliphatic heterocycles. The molecule has 3 N–H and O–H groups in total. The van der Waals surface area contributed by atoms with Gasteiger partial charge in [0, 0.05) is 37.2 Å². The standard InChI is InChI=1S/C19H20N8O/c1-19(28)9-11(10-19)23-18-25-17(20-2)15-12(5-8-27(15)26-18)13-3-4-14-16(24-13)22-7-6-21-14/h3-8,11,28H,9-10H2,1-2H3,(H2,20,23,25,26). The van der Waals surface area contributed by atoms with E-state index in [-0.39, 0.29) is 6.04 Å². The van der Waals surface area contributed by atoms with Crippen molar-refractivity contribution in [2.75, 3.05) is 17.7 Å². The Labute approximate surface area is 160 Å². The minimum atomic E-state index is -0.598. The Morgan fingerprint density at radius 2 is 1.96 bits per heavy atom. The molecule has 28 heavy (non-hydrogen) atoms. The molecule has 0 aromatic carbocycles. The van der Waals surface area contributed by atoms with Crippen molar-refractivity contribution in [3.63, 3.8) is 0 Å². The summed E-state index contributed by atoms with van der Waals surface area (Å²) >= 11 is 0. The Kier molecular flexibility index (Phi) is 3.66. The lowest BCUT2D eigenvalue weighted by Gasteiger charge is -2.41. The van der Waals surface area contributed by atoms with E-state index in [9.17, 15) is 5.11 Å². The van der Waals surface area contributed by atoms with Gasteiger partial charge in [-0.2, -0.15) is 4.98 Å². The van der Waals surface area contributed by atoms with Gasteiger partial charge in [-0.05, 0) is 38.0 Å². The number of nitrogens with zero attached hydrogens (tertiary/aromatic N) is 6. The highest BCUT2D eigenvalue weighted by atomic mass is 16.3. The summed E-state index contributed by atoms with van der Waals surface area (Å²) in [6.07, 6.45) is 6.54. The van der Waals surface area contributed by atoms with Gasteiger partial charge < -0.3 is 15.7 Å². The average molecular weight is 376 g/mol. The van der Waals surface area contributed by atoms with E-state index in [0.717, 1.165) is 22.3 Å². The molecule has 0 bridgehead atoms. The molecular weight excluding hydrogens is 356 g/mol. The van der Waals surface area contributed by atoms with Crippen LogP contribution < -0.4 is 10.6 Å². The van der Waals surface area contributed by atoms with Gasteiger partial charge in [-0.15, -0.1) is 5.10 Å². The summed E-state index contributed by atoms with van der Waals surface area (Å²) in [6.45, 7) is 1.84. The molecule has 142 valence electrons. The number of rotatable bonds is 4. The summed E-state index contributed by atoms with van der Waals surface area (Å²) in [5, 5.41) is 21.0. The highest BCUT2D eigenvalue weighted by molar-refractivity contribution is 5.89. The smallest absolute Gasteiger partial charge is 0.243 e. The predicted molar refractivity (Wildman–Crippen MR) is 106 cm³/mol. The third-order valence-corrected chi connectivity index (χ3v) is 5.06. The van der Waals surface area contributed by atoms with Crippen molar-refractivity contribution in [2.45, 2.75) is 31.4 Å². The second-order valence-electron chi connectivity index (χ2n) is 7.40. The lowest BCUT2D eigenvalue weighted by Crippen LogP contribution is -2.48. The van der Waals surface area contributed by atoms with E-state index in [4.69, 9.17) is 0 Å². The van der Waals surface area contributed by atoms with Crippen molar-refractivity contribution >= 4 is 28.4 Å². The molecule has 0 radical (unpaired) electrons. The normalized spacial score (nSPS) is 21.6. The van der Waals surface area contributed by atoms with E-state index in [0.29, 0.717) is 30.3 Å². The monoisotopic (exact) mass is 376 g/mol. The number of hydrogen-bond donors (Lipinski definition) is 3. The van der Waals surface area contributed by atoms with Crippen LogP contribution in [-0.2, 0) is 0 Å². The SMILES string of the molecule is CNc1nc(NC2CC(C)(O)C2)nn2ccc(-c3ccc4nccnc4n3)c12. The second-order valence-corrected chi connectivity index (χ2v) is 7.40. The first-order chi connectivity index (χ1) is 13.5. The van der Waals surface area contributed by atoms with Gasteiger partial charge in [0.25, 0.3) is 0 Å². The zero-order valence-electron chi connectivity index (χ0n) is 15.6. The van der Waals surface area contributed by atoms with E-state index in [1.807, 2.05) is 38.4 Å². The largest absolute Gasteiger partial charge is 0.390 e. The lowest BCUT2D eigenvalue weighted by molar-refractivity contribution is -0.0236. The lowest BCUT2D eigenvalue weighted by atomic mass is 9.77. The highest BCUT2D eigenvalue weighted by Gasteiger charge is 2.38. The third-order valence-electron chi connectivity index (χ3n) is 5.06. The molecule has 0 atom stereocenters. The zero-order chi connectivity index (χ0) is 19.3. The van der Waals surface area contributed by atoms with Crippen molar-refractivity contribution in [3.8, 4) is 11.3 Å². The van der Waals surface area contributed by atoms with E-state index in [1.54, 1.807) is 16.9 Å². The molecule has 4 heterocycles. The Hall–Kier alpha value is -3.33. The van der Waals surface area contributed by atoms with Crippen molar-refractivity contribution in [1.82, 2.24) is 29.5 Å². The third kappa shape index (κ3) is 2.80. The van der Waals surface area contributed by atoms with Crippen LogP contribution in [0.3, 0.4) is 0 Å². The van der Waals surface area contributed by atoms with Crippen LogP contribution in [0.1, 0.15) is 19.8 Å². The summed E-state index contributed by atoms with van der Waals surface area (Å²) < 4.78 is 1.79. The van der Waals surface area contributed by atoms with Crippen molar-refractivity contribution in [1.29, 1.82) is 0 Å². The molecule has 1 aliphatic rings. The van der Waals surface area contributed by atoms with Crippen LogP contribution in [0, 0.1) is 0 Å². The van der Waals surface area contributed by atoms with Gasteiger partial charge in [0.2, 0.25) is 5.95 Å². The minimum Gasteiger partial charge on any atom is -0.390 e. The van der Waals surface area contributed by atoms with Gasteiger partial charge in [0.05, 0.1) is 11.3 Å². The van der Waals surface area contributed by atoms with Crippen molar-refractivity contribution < 1.29 is 5.11 Å². The maximum absolute atomic E-state index is 9.92. The molecule has 5 rings (SSSR count). The Morgan fingerprint density at radius 1 is 1.14 bits per heavy atom. The maximum Gasteiger partial charge on any atom is 0.243 e. The van der Waals surface area contributed by atoms with Crippen LogP contribution in [0.4, 0.5) is 11.8 Å². The van der Waals surface area contributed by atoms with Crippen molar-refractivity contribution in [2.24, 2.45) is 0 Å². The molecule has 4 aromatic heterocycles. The number of fused-ring (bicyclic) bond motifs is 2. The first kappa shape index (κ1) is 16.8. The molecule has 0 amide bonds. The predicted octanol–water partition coefficient (Wildman–Crippen LogP) is 2.10. The van der Waals surface area contributed by atoms with Crippen LogP contribution in [0.25, 0.3) is 27.9 Å². The van der Waals surface area contributed by atoms with Crippen LogP contribution in [0.5, 0.6) is 0 Å². The summed E-state index contributed by atoms with van der Waals surface area (Å²) in [5.74, 6) is 1.22. The summed E-state index contributed by atoms with van der Waals surface area (Å²) in [5.41, 5.74) is 3.29. The van der Waals surface area contributed by atoms with Crippen LogP contribution >= 0.6 is 0 Å². The summed E-state index contributed by atoms with van der Waals surface area (Å²) in [4.78, 5) is 17.8. The van der Waals surface area contributed by atoms with Gasteiger partial charge in [0.15, 0.2) is 11.5 Å². The summed E-state index contributed by atoms with van der Waals surface area (Å²) in [6, 6.07) is 5.97. The van der Waals surface area contributed by atoms with Crippen molar-refractivity contribution in [3.05, 3.63) is 36.8 Å². The molecule has 1 fully saturated rings. The fraction of sp³-hybridized carbons (Fsp3) is 0.316. The fourth-order valence-electron chi connectivity index (χ4n) is 3.76. The Balaban J connectivity index is 1.55. The molecule has 1 saturated carbocycles. The number of nitrogens with one attached hydrogen (secondary N) is 2. The van der Waals surface area contributed by atoms with Crippen LogP contribution in [-0.4, -0.2) is 53.3 Å². The fourth-order valence-corrected chi connectivity index (χ4v) is 3.76. The van der Waals surface area contributed by atoms with Crippen LogP contribution in [0.15, 0.2) is 36.8 Å². The van der Waals surface area contributed by atoms with E-state index in [2.05, 4.69) is 35.7 Å². The highest BCUT2D eigenvalue weighted by Crippen LogP contribution is 2.34. The first-order valence-electron chi connectivity index (χ1n) is 9.17. The van der Waals surface area contributed by atoms with Gasteiger partial charge in [-0.25, -0.2) is 14.5 Å².